The second-order valence-corrected chi connectivity index (χ2v) is 6.24. The third-order valence-electron chi connectivity index (χ3n) is 4.98. The first-order valence-corrected chi connectivity index (χ1v) is 8.20. The van der Waals surface area contributed by atoms with E-state index in [1.54, 1.807) is 7.11 Å². The average Bonchev–Trinajstić information content (AvgIpc) is 2.56. The zero-order valence-electron chi connectivity index (χ0n) is 13.1. The van der Waals surface area contributed by atoms with Gasteiger partial charge >= 0.3 is 0 Å². The molecule has 2 aliphatic rings. The minimum absolute atomic E-state index is 0.823. The summed E-state index contributed by atoms with van der Waals surface area (Å²) in [5.74, 6) is 0.883. The number of hydrogen-bond acceptors (Lipinski definition) is 4. The Labute approximate surface area is 127 Å². The Morgan fingerprint density at radius 1 is 1.05 bits per heavy atom. The summed E-state index contributed by atoms with van der Waals surface area (Å²) in [6.07, 6.45) is 7.03. The third-order valence-corrected chi connectivity index (χ3v) is 4.98. The highest BCUT2D eigenvalue weighted by Gasteiger charge is 2.25. The number of benzene rings is 1. The van der Waals surface area contributed by atoms with Crippen molar-refractivity contribution in [1.82, 2.24) is 4.90 Å². The predicted molar refractivity (Wildman–Crippen MR) is 88.1 cm³/mol. The molecule has 2 fully saturated rings. The minimum atomic E-state index is 0.823. The standard InChI is InChI=1S/C17H27N3O/c1-21-15-7-8-16(18)17(13-15)20-11-9-19(10-12-20)14-5-3-2-4-6-14/h7-8,13-14H,2-6,9-12,18H2,1H3. The fraction of sp³-hybridized carbons (Fsp3) is 0.647. The van der Waals surface area contributed by atoms with E-state index in [9.17, 15) is 0 Å². The molecule has 0 unspecified atom stereocenters. The van der Waals surface area contributed by atoms with Crippen molar-refractivity contribution in [2.75, 3.05) is 43.9 Å². The number of nitrogens with two attached hydrogens (primary N) is 1. The van der Waals surface area contributed by atoms with Crippen molar-refractivity contribution in [1.29, 1.82) is 0 Å². The normalized spacial score (nSPS) is 21.5. The summed E-state index contributed by atoms with van der Waals surface area (Å²) in [6, 6.07) is 6.76. The molecule has 1 aromatic rings. The first-order valence-electron chi connectivity index (χ1n) is 8.20. The Hall–Kier alpha value is -1.42. The summed E-state index contributed by atoms with van der Waals surface area (Å²) in [5, 5.41) is 0. The van der Waals surface area contributed by atoms with E-state index < -0.39 is 0 Å². The Bertz CT molecular complexity index is 463. The van der Waals surface area contributed by atoms with E-state index in [2.05, 4.69) is 15.9 Å². The van der Waals surface area contributed by atoms with Crippen molar-refractivity contribution in [3.05, 3.63) is 18.2 Å². The molecule has 0 bridgehead atoms. The Morgan fingerprint density at radius 2 is 1.76 bits per heavy atom. The van der Waals surface area contributed by atoms with Gasteiger partial charge in [-0.15, -0.1) is 0 Å². The predicted octanol–water partition coefficient (Wildman–Crippen LogP) is 2.73. The number of methoxy groups -OCH3 is 1. The second kappa shape index (κ2) is 6.56. The summed E-state index contributed by atoms with van der Waals surface area (Å²) in [4.78, 5) is 5.09. The van der Waals surface area contributed by atoms with Crippen LogP contribution in [0.15, 0.2) is 18.2 Å². The minimum Gasteiger partial charge on any atom is -0.497 e. The molecule has 0 spiro atoms. The maximum absolute atomic E-state index is 6.14. The molecule has 1 aliphatic carbocycles. The Kier molecular flexibility index (Phi) is 4.54. The third kappa shape index (κ3) is 3.26. The van der Waals surface area contributed by atoms with Crippen molar-refractivity contribution in [2.24, 2.45) is 0 Å². The molecular formula is C17H27N3O. The number of piperazine rings is 1. The molecule has 3 rings (SSSR count). The molecule has 116 valence electrons. The highest BCUT2D eigenvalue weighted by molar-refractivity contribution is 5.69. The topological polar surface area (TPSA) is 41.7 Å². The summed E-state index contributed by atoms with van der Waals surface area (Å²) in [7, 11) is 1.70. The number of hydrogen-bond donors (Lipinski definition) is 1. The number of nitrogens with zero attached hydrogens (tertiary/aromatic N) is 2. The molecule has 21 heavy (non-hydrogen) atoms. The maximum Gasteiger partial charge on any atom is 0.121 e. The second-order valence-electron chi connectivity index (χ2n) is 6.24. The van der Waals surface area contributed by atoms with Crippen LogP contribution in [0.1, 0.15) is 32.1 Å². The van der Waals surface area contributed by atoms with Gasteiger partial charge in [0.15, 0.2) is 0 Å². The molecule has 1 heterocycles. The van der Waals surface area contributed by atoms with Crippen molar-refractivity contribution in [2.45, 2.75) is 38.1 Å². The quantitative estimate of drug-likeness (QED) is 0.869. The first kappa shape index (κ1) is 14.5. The van der Waals surface area contributed by atoms with Gasteiger partial charge in [0, 0.05) is 38.3 Å². The molecule has 1 saturated carbocycles. The lowest BCUT2D eigenvalue weighted by Gasteiger charge is -2.41. The van der Waals surface area contributed by atoms with Gasteiger partial charge < -0.3 is 15.4 Å². The van der Waals surface area contributed by atoms with Gasteiger partial charge in [-0.2, -0.15) is 0 Å². The van der Waals surface area contributed by atoms with Gasteiger partial charge in [-0.3, -0.25) is 4.90 Å². The van der Waals surface area contributed by atoms with E-state index in [4.69, 9.17) is 10.5 Å². The van der Waals surface area contributed by atoms with Crippen LogP contribution in [0.2, 0.25) is 0 Å². The molecular weight excluding hydrogens is 262 g/mol. The van der Waals surface area contributed by atoms with Crippen molar-refractivity contribution in [3.8, 4) is 5.75 Å². The Morgan fingerprint density at radius 3 is 2.43 bits per heavy atom. The van der Waals surface area contributed by atoms with Gasteiger partial charge in [0.1, 0.15) is 5.75 Å². The number of nitrogen functional groups attached to an aromatic ring is 1. The fourth-order valence-corrected chi connectivity index (χ4v) is 3.70. The van der Waals surface area contributed by atoms with Crippen LogP contribution in [0.4, 0.5) is 11.4 Å². The largest absolute Gasteiger partial charge is 0.497 e. The number of ether oxygens (including phenoxy) is 1. The highest BCUT2D eigenvalue weighted by atomic mass is 16.5. The molecule has 1 aromatic carbocycles. The van der Waals surface area contributed by atoms with E-state index in [0.717, 1.165) is 49.3 Å². The van der Waals surface area contributed by atoms with Gasteiger partial charge in [0.05, 0.1) is 18.5 Å². The van der Waals surface area contributed by atoms with E-state index in [1.807, 2.05) is 12.1 Å². The van der Waals surface area contributed by atoms with E-state index in [-0.39, 0.29) is 0 Å². The molecule has 1 saturated heterocycles. The number of rotatable bonds is 3. The zero-order valence-corrected chi connectivity index (χ0v) is 13.1. The van der Waals surface area contributed by atoms with Crippen LogP contribution in [-0.2, 0) is 0 Å². The molecule has 0 amide bonds. The van der Waals surface area contributed by atoms with Gasteiger partial charge in [0.2, 0.25) is 0 Å². The van der Waals surface area contributed by atoms with E-state index in [0.29, 0.717) is 0 Å². The monoisotopic (exact) mass is 289 g/mol. The van der Waals surface area contributed by atoms with Gasteiger partial charge in [-0.1, -0.05) is 19.3 Å². The molecule has 0 aromatic heterocycles. The van der Waals surface area contributed by atoms with Crippen molar-refractivity contribution >= 4 is 11.4 Å². The molecule has 0 radical (unpaired) electrons. The van der Waals surface area contributed by atoms with Gasteiger partial charge in [0.25, 0.3) is 0 Å². The lowest BCUT2D eigenvalue weighted by atomic mass is 9.94. The average molecular weight is 289 g/mol. The van der Waals surface area contributed by atoms with Crippen LogP contribution in [0.3, 0.4) is 0 Å². The van der Waals surface area contributed by atoms with Crippen LogP contribution in [-0.4, -0.2) is 44.2 Å². The molecule has 1 aliphatic heterocycles. The molecule has 0 atom stereocenters. The summed E-state index contributed by atoms with van der Waals surface area (Å²) in [6.45, 7) is 4.43. The van der Waals surface area contributed by atoms with Crippen molar-refractivity contribution < 1.29 is 4.74 Å². The lowest BCUT2D eigenvalue weighted by molar-refractivity contribution is 0.148. The summed E-state index contributed by atoms with van der Waals surface area (Å²) < 4.78 is 5.32. The fourth-order valence-electron chi connectivity index (χ4n) is 3.70. The van der Waals surface area contributed by atoms with E-state index >= 15 is 0 Å². The van der Waals surface area contributed by atoms with Crippen LogP contribution in [0.25, 0.3) is 0 Å². The molecule has 4 heteroatoms. The summed E-state index contributed by atoms with van der Waals surface area (Å²) >= 11 is 0. The van der Waals surface area contributed by atoms with E-state index in [1.165, 1.54) is 32.1 Å². The van der Waals surface area contributed by atoms with Crippen LogP contribution in [0.5, 0.6) is 5.75 Å². The van der Waals surface area contributed by atoms with Gasteiger partial charge in [-0.25, -0.2) is 0 Å². The highest BCUT2D eigenvalue weighted by Crippen LogP contribution is 2.30. The van der Waals surface area contributed by atoms with Crippen LogP contribution in [0, 0.1) is 0 Å². The smallest absolute Gasteiger partial charge is 0.121 e. The first-order chi connectivity index (χ1) is 10.3. The zero-order chi connectivity index (χ0) is 14.7. The molecule has 2 N–H and O–H groups in total. The van der Waals surface area contributed by atoms with Crippen molar-refractivity contribution in [3.63, 3.8) is 0 Å². The number of anilines is 2. The lowest BCUT2D eigenvalue weighted by Crippen LogP contribution is -2.51. The van der Waals surface area contributed by atoms with Crippen LogP contribution >= 0.6 is 0 Å². The maximum atomic E-state index is 6.14. The van der Waals surface area contributed by atoms with Crippen LogP contribution < -0.4 is 15.4 Å². The summed E-state index contributed by atoms with van der Waals surface area (Å²) in [5.41, 5.74) is 8.11. The SMILES string of the molecule is COc1ccc(N)c(N2CCN(C3CCCCC3)CC2)c1. The Balaban J connectivity index is 1.62. The van der Waals surface area contributed by atoms with Gasteiger partial charge in [-0.05, 0) is 25.0 Å². The molecule has 4 nitrogen and oxygen atoms in total.